The molecular formula is C21H23ClN2O5S. The maximum Gasteiger partial charge on any atom is 0.262 e. The van der Waals surface area contributed by atoms with Crippen LogP contribution in [-0.2, 0) is 25.8 Å². The molecule has 1 aliphatic rings. The van der Waals surface area contributed by atoms with Gasteiger partial charge in [0.1, 0.15) is 5.75 Å². The van der Waals surface area contributed by atoms with Crippen molar-refractivity contribution in [3.05, 3.63) is 52.5 Å². The zero-order valence-corrected chi connectivity index (χ0v) is 18.3. The van der Waals surface area contributed by atoms with E-state index in [2.05, 4.69) is 10.6 Å². The van der Waals surface area contributed by atoms with Gasteiger partial charge in [-0.25, -0.2) is 8.42 Å². The van der Waals surface area contributed by atoms with Crippen LogP contribution >= 0.6 is 11.6 Å². The Hall–Kier alpha value is -2.58. The van der Waals surface area contributed by atoms with E-state index in [9.17, 15) is 18.0 Å². The van der Waals surface area contributed by atoms with E-state index in [1.165, 1.54) is 13.0 Å². The Morgan fingerprint density at radius 1 is 1.27 bits per heavy atom. The largest absolute Gasteiger partial charge is 0.482 e. The molecule has 30 heavy (non-hydrogen) atoms. The number of carbonyl (C=O) groups excluding carboxylic acids is 2. The first-order valence-corrected chi connectivity index (χ1v) is 11.4. The normalized spacial score (nSPS) is 14.3. The highest BCUT2D eigenvalue weighted by Gasteiger charge is 2.29. The lowest BCUT2D eigenvalue weighted by Crippen LogP contribution is -2.31. The maximum absolute atomic E-state index is 13.0. The maximum atomic E-state index is 13.0. The number of nitrogens with one attached hydrogen (secondary N) is 2. The van der Waals surface area contributed by atoms with Crippen molar-refractivity contribution in [1.82, 2.24) is 5.32 Å². The highest BCUT2D eigenvalue weighted by molar-refractivity contribution is 7.92. The van der Waals surface area contributed by atoms with Gasteiger partial charge in [-0.15, -0.1) is 0 Å². The van der Waals surface area contributed by atoms with Crippen LogP contribution in [0.1, 0.15) is 24.5 Å². The quantitative estimate of drug-likeness (QED) is 0.675. The minimum atomic E-state index is -3.76. The molecule has 0 aliphatic carbocycles. The second-order valence-electron chi connectivity index (χ2n) is 7.24. The lowest BCUT2D eigenvalue weighted by atomic mass is 10.1. The van der Waals surface area contributed by atoms with Crippen LogP contribution in [0.5, 0.6) is 5.75 Å². The van der Waals surface area contributed by atoms with E-state index in [-0.39, 0.29) is 29.7 Å². The average Bonchev–Trinajstić information content (AvgIpc) is 2.68. The van der Waals surface area contributed by atoms with Gasteiger partial charge >= 0.3 is 0 Å². The van der Waals surface area contributed by atoms with Crippen molar-refractivity contribution in [2.45, 2.75) is 36.8 Å². The van der Waals surface area contributed by atoms with E-state index < -0.39 is 15.1 Å². The molecule has 1 heterocycles. The molecule has 0 radical (unpaired) electrons. The number of ether oxygens (including phenoxy) is 1. The molecule has 3 rings (SSSR count). The molecule has 0 saturated carbocycles. The van der Waals surface area contributed by atoms with Crippen molar-refractivity contribution in [3.63, 3.8) is 0 Å². The van der Waals surface area contributed by atoms with Crippen molar-refractivity contribution < 1.29 is 22.7 Å². The van der Waals surface area contributed by atoms with Gasteiger partial charge < -0.3 is 15.4 Å². The van der Waals surface area contributed by atoms with Gasteiger partial charge in [-0.3, -0.25) is 9.59 Å². The van der Waals surface area contributed by atoms with Crippen LogP contribution in [0, 0.1) is 6.92 Å². The van der Waals surface area contributed by atoms with Crippen LogP contribution in [0.4, 0.5) is 5.69 Å². The first-order chi connectivity index (χ1) is 14.2. The summed E-state index contributed by atoms with van der Waals surface area (Å²) >= 11 is 5.85. The van der Waals surface area contributed by atoms with Gasteiger partial charge in [0, 0.05) is 24.1 Å². The number of sulfone groups is 1. The lowest BCUT2D eigenvalue weighted by molar-refractivity contribution is -0.121. The molecule has 0 saturated heterocycles. The molecule has 2 amide bonds. The number of amides is 2. The molecule has 2 aromatic carbocycles. The zero-order chi connectivity index (χ0) is 21.9. The van der Waals surface area contributed by atoms with Gasteiger partial charge in [-0.05, 0) is 49.6 Å². The average molecular weight is 451 g/mol. The molecule has 160 valence electrons. The second kappa shape index (κ2) is 9.06. The summed E-state index contributed by atoms with van der Waals surface area (Å²) in [6.45, 7) is 3.39. The predicted molar refractivity (Wildman–Crippen MR) is 115 cm³/mol. The third-order valence-electron chi connectivity index (χ3n) is 4.87. The molecule has 0 aromatic heterocycles. The van der Waals surface area contributed by atoms with E-state index in [1.54, 1.807) is 25.1 Å². The fourth-order valence-electron chi connectivity index (χ4n) is 3.18. The molecule has 0 fully saturated rings. The number of rotatable bonds is 7. The molecule has 1 aliphatic heterocycles. The predicted octanol–water partition coefficient (Wildman–Crippen LogP) is 2.89. The molecular weight excluding hydrogens is 428 g/mol. The van der Waals surface area contributed by atoms with Crippen molar-refractivity contribution in [3.8, 4) is 5.75 Å². The van der Waals surface area contributed by atoms with E-state index in [1.807, 2.05) is 12.1 Å². The first-order valence-electron chi connectivity index (χ1n) is 9.49. The third-order valence-corrected chi connectivity index (χ3v) is 7.40. The number of hydrogen-bond acceptors (Lipinski definition) is 5. The third kappa shape index (κ3) is 5.12. The molecule has 7 nitrogen and oxygen atoms in total. The second-order valence-corrected chi connectivity index (χ2v) is 10.0. The van der Waals surface area contributed by atoms with Gasteiger partial charge in [0.2, 0.25) is 5.91 Å². The number of anilines is 1. The van der Waals surface area contributed by atoms with Crippen LogP contribution in [0.2, 0.25) is 5.02 Å². The summed E-state index contributed by atoms with van der Waals surface area (Å²) in [5.74, 6) is -0.321. The molecule has 2 N–H and O–H groups in total. The minimum absolute atomic E-state index is 0.0962. The standard InChI is InChI=1S/C21H23ClN2O5S/c1-13-9-17-18(29-12-21(26)24-17)11-19(13)30(27,28)14(2)10-20(25)23-8-7-15-3-5-16(22)6-4-15/h3-6,9,11,14H,7-8,10,12H2,1-2H3,(H,23,25)(H,24,26). The molecule has 2 aromatic rings. The summed E-state index contributed by atoms with van der Waals surface area (Å²) in [5.41, 5.74) is 1.95. The van der Waals surface area contributed by atoms with Gasteiger partial charge in [0.15, 0.2) is 16.4 Å². The fourth-order valence-corrected chi connectivity index (χ4v) is 4.89. The Morgan fingerprint density at radius 2 is 1.97 bits per heavy atom. The van der Waals surface area contributed by atoms with Crippen LogP contribution in [0.3, 0.4) is 0 Å². The van der Waals surface area contributed by atoms with Gasteiger partial charge in [-0.2, -0.15) is 0 Å². The van der Waals surface area contributed by atoms with Crippen molar-refractivity contribution in [1.29, 1.82) is 0 Å². The SMILES string of the molecule is Cc1cc2c(cc1S(=O)(=O)C(C)CC(=O)NCCc1ccc(Cl)cc1)OCC(=O)N2. The number of carbonyl (C=O) groups is 2. The number of benzene rings is 2. The number of fused-ring (bicyclic) bond motifs is 1. The van der Waals surface area contributed by atoms with Crippen molar-refractivity contribution in [2.24, 2.45) is 0 Å². The van der Waals surface area contributed by atoms with E-state index in [4.69, 9.17) is 16.3 Å². The van der Waals surface area contributed by atoms with Crippen LogP contribution in [0.25, 0.3) is 0 Å². The first kappa shape index (κ1) is 22.1. The monoisotopic (exact) mass is 450 g/mol. The summed E-state index contributed by atoms with van der Waals surface area (Å²) < 4.78 is 31.4. The zero-order valence-electron chi connectivity index (χ0n) is 16.7. The van der Waals surface area contributed by atoms with Crippen LogP contribution in [-0.4, -0.2) is 38.6 Å². The Bertz CT molecular complexity index is 1070. The van der Waals surface area contributed by atoms with E-state index in [0.29, 0.717) is 35.0 Å². The van der Waals surface area contributed by atoms with E-state index >= 15 is 0 Å². The molecule has 1 atom stereocenters. The fraction of sp³-hybridized carbons (Fsp3) is 0.333. The van der Waals surface area contributed by atoms with E-state index in [0.717, 1.165) is 5.56 Å². The Kier molecular flexibility index (Phi) is 6.67. The number of halogens is 1. The summed E-state index contributed by atoms with van der Waals surface area (Å²) in [6.07, 6.45) is 0.466. The molecule has 0 bridgehead atoms. The summed E-state index contributed by atoms with van der Waals surface area (Å²) in [7, 11) is -3.76. The number of hydrogen-bond donors (Lipinski definition) is 2. The highest BCUT2D eigenvalue weighted by atomic mass is 35.5. The van der Waals surface area contributed by atoms with Gasteiger partial charge in [-0.1, -0.05) is 23.7 Å². The molecule has 0 spiro atoms. The summed E-state index contributed by atoms with van der Waals surface area (Å²) in [5, 5.41) is 5.14. The molecule has 1 unspecified atom stereocenters. The Labute approximate surface area is 180 Å². The van der Waals surface area contributed by atoms with Crippen LogP contribution < -0.4 is 15.4 Å². The topological polar surface area (TPSA) is 102 Å². The smallest absolute Gasteiger partial charge is 0.262 e. The lowest BCUT2D eigenvalue weighted by Gasteiger charge is -2.21. The van der Waals surface area contributed by atoms with Crippen molar-refractivity contribution in [2.75, 3.05) is 18.5 Å². The minimum Gasteiger partial charge on any atom is -0.482 e. The summed E-state index contributed by atoms with van der Waals surface area (Å²) in [6, 6.07) is 10.3. The Morgan fingerprint density at radius 3 is 2.67 bits per heavy atom. The Balaban J connectivity index is 1.62. The number of aryl methyl sites for hydroxylation is 1. The van der Waals surface area contributed by atoms with Gasteiger partial charge in [0.05, 0.1) is 15.8 Å². The van der Waals surface area contributed by atoms with Crippen LogP contribution in [0.15, 0.2) is 41.3 Å². The molecule has 9 heteroatoms. The van der Waals surface area contributed by atoms with Gasteiger partial charge in [0.25, 0.3) is 5.91 Å². The van der Waals surface area contributed by atoms with Crippen molar-refractivity contribution >= 4 is 38.9 Å². The highest BCUT2D eigenvalue weighted by Crippen LogP contribution is 2.34. The summed E-state index contributed by atoms with van der Waals surface area (Å²) in [4.78, 5) is 23.8.